The number of nitriles is 2. The molecule has 370 valence electrons. The lowest BCUT2D eigenvalue weighted by molar-refractivity contribution is -0.137. The van der Waals surface area contributed by atoms with Crippen LogP contribution in [-0.2, 0) is 6.18 Å². The molecule has 0 aliphatic heterocycles. The normalized spacial score (nSPS) is 12.2. The summed E-state index contributed by atoms with van der Waals surface area (Å²) in [5, 5.41) is 34.9. The van der Waals surface area contributed by atoms with Gasteiger partial charge in [-0.15, -0.1) is 11.3 Å². The van der Waals surface area contributed by atoms with Gasteiger partial charge in [0.1, 0.15) is 23.3 Å². The standard InChI is InChI=1S/C69H37F3N6S/c70-69(71,72)54-25-9-1-17-41(54)40-33-34-48-50-35-36-51-49-24-8-16-32-62(49)79-68(51)67(50)78(61(48)37-40)66-53(39-74)64(76-57-28-12-4-20-44(57)45-21-5-13-29-58(45)76)63(75-55-26-10-2-18-42(55)43-19-3-11-27-56(43)75)52(38-73)65(66)77-59-30-14-6-22-46(59)47-23-7-15-31-60(47)77/h1-37H. The molecule has 0 spiro atoms. The fourth-order valence-electron chi connectivity index (χ4n) is 12.9. The van der Waals surface area contributed by atoms with Crippen molar-refractivity contribution in [1.82, 2.24) is 18.3 Å². The third-order valence-electron chi connectivity index (χ3n) is 16.1. The van der Waals surface area contributed by atoms with E-state index in [4.69, 9.17) is 0 Å². The molecular weight excluding hydrogens is 1000 g/mol. The van der Waals surface area contributed by atoms with Crippen LogP contribution in [0.25, 0.3) is 141 Å². The Balaban J connectivity index is 1.23. The first-order valence-electron chi connectivity index (χ1n) is 25.9. The van der Waals surface area contributed by atoms with E-state index in [1.165, 1.54) is 12.1 Å². The summed E-state index contributed by atoms with van der Waals surface area (Å²) in [5.41, 5.74) is 8.19. The van der Waals surface area contributed by atoms with E-state index in [9.17, 15) is 10.5 Å². The first-order valence-corrected chi connectivity index (χ1v) is 26.7. The minimum absolute atomic E-state index is 0.0224. The average Bonchev–Trinajstić information content (AvgIpc) is 3.91. The molecule has 5 heterocycles. The molecule has 0 N–H and O–H groups in total. The number of rotatable bonds is 5. The molecule has 16 rings (SSSR count). The minimum atomic E-state index is -4.65. The van der Waals surface area contributed by atoms with E-state index < -0.39 is 11.7 Å². The van der Waals surface area contributed by atoms with Gasteiger partial charge in [0, 0.05) is 58.6 Å². The summed E-state index contributed by atoms with van der Waals surface area (Å²) in [6.07, 6.45) is -4.65. The highest BCUT2D eigenvalue weighted by molar-refractivity contribution is 7.26. The van der Waals surface area contributed by atoms with E-state index >= 15 is 13.2 Å². The Hall–Kier alpha value is -10.4. The van der Waals surface area contributed by atoms with Crippen molar-refractivity contribution in [2.75, 3.05) is 0 Å². The predicted molar refractivity (Wildman–Crippen MR) is 317 cm³/mol. The molecule has 16 aromatic rings. The highest BCUT2D eigenvalue weighted by Gasteiger charge is 2.36. The molecule has 10 heteroatoms. The molecule has 0 unspecified atom stereocenters. The maximum Gasteiger partial charge on any atom is 0.417 e. The first-order chi connectivity index (χ1) is 38.8. The van der Waals surface area contributed by atoms with Crippen molar-refractivity contribution < 1.29 is 13.2 Å². The number of thiophene rings is 1. The van der Waals surface area contributed by atoms with Crippen LogP contribution in [0.1, 0.15) is 16.7 Å². The van der Waals surface area contributed by atoms with Crippen molar-refractivity contribution >= 4 is 119 Å². The Bertz CT molecular complexity index is 5260. The molecule has 0 fully saturated rings. The summed E-state index contributed by atoms with van der Waals surface area (Å²) in [6.45, 7) is 0. The first kappa shape index (κ1) is 44.9. The maximum absolute atomic E-state index is 15.2. The molecule has 0 aliphatic carbocycles. The Morgan fingerprint density at radius 2 is 0.696 bits per heavy atom. The molecule has 0 atom stereocenters. The predicted octanol–water partition coefficient (Wildman–Crippen LogP) is 18.9. The van der Waals surface area contributed by atoms with Crippen LogP contribution >= 0.6 is 11.3 Å². The molecule has 0 bridgehead atoms. The number of aromatic nitrogens is 4. The van der Waals surface area contributed by atoms with Crippen molar-refractivity contribution in [2.45, 2.75) is 6.18 Å². The van der Waals surface area contributed by atoms with E-state index in [2.05, 4.69) is 127 Å². The van der Waals surface area contributed by atoms with Gasteiger partial charge in [-0.3, -0.25) is 0 Å². The molecule has 0 radical (unpaired) electrons. The second-order valence-corrected chi connectivity index (χ2v) is 21.1. The zero-order valence-electron chi connectivity index (χ0n) is 41.6. The van der Waals surface area contributed by atoms with Crippen LogP contribution in [0.4, 0.5) is 13.2 Å². The number of benzene rings is 11. The fourth-order valence-corrected chi connectivity index (χ4v) is 14.2. The molecule has 79 heavy (non-hydrogen) atoms. The number of alkyl halides is 3. The van der Waals surface area contributed by atoms with E-state index in [0.29, 0.717) is 33.8 Å². The molecule has 0 aliphatic rings. The monoisotopic (exact) mass is 1040 g/mol. The molecule has 5 aromatic heterocycles. The average molecular weight is 1040 g/mol. The summed E-state index contributed by atoms with van der Waals surface area (Å²) in [7, 11) is 0. The molecule has 0 saturated heterocycles. The SMILES string of the molecule is N#Cc1c(-n2c3ccccc3c3ccccc32)c(-n2c3ccccc3c3ccccc32)c(C#N)c(-n2c3cc(-c4ccccc4C(F)(F)F)ccc3c3ccc4c5ccccc5sc4c32)c1-n1c2ccccc2c2ccccc21. The lowest BCUT2D eigenvalue weighted by atomic mass is 9.97. The van der Waals surface area contributed by atoms with Crippen molar-refractivity contribution in [3.63, 3.8) is 0 Å². The lowest BCUT2D eigenvalue weighted by Crippen LogP contribution is -2.16. The summed E-state index contributed by atoms with van der Waals surface area (Å²) in [6, 6.07) is 78.3. The Morgan fingerprint density at radius 1 is 0.342 bits per heavy atom. The molecule has 11 aromatic carbocycles. The van der Waals surface area contributed by atoms with Crippen LogP contribution in [0.5, 0.6) is 0 Å². The fraction of sp³-hybridized carbons (Fsp3) is 0.0145. The van der Waals surface area contributed by atoms with Gasteiger partial charge in [-0.25, -0.2) is 0 Å². The van der Waals surface area contributed by atoms with Gasteiger partial charge in [0.15, 0.2) is 0 Å². The van der Waals surface area contributed by atoms with Gasteiger partial charge in [-0.1, -0.05) is 170 Å². The van der Waals surface area contributed by atoms with Gasteiger partial charge in [0.05, 0.1) is 77.1 Å². The molecule has 0 saturated carbocycles. The van der Waals surface area contributed by atoms with Crippen molar-refractivity contribution in [3.05, 3.63) is 241 Å². The van der Waals surface area contributed by atoms with Crippen molar-refractivity contribution in [2.24, 2.45) is 0 Å². The van der Waals surface area contributed by atoms with Crippen LogP contribution in [0.15, 0.2) is 224 Å². The quantitative estimate of drug-likeness (QED) is 0.172. The van der Waals surface area contributed by atoms with Gasteiger partial charge in [0.2, 0.25) is 0 Å². The zero-order chi connectivity index (χ0) is 52.8. The number of nitrogens with zero attached hydrogens (tertiary/aromatic N) is 6. The molecular formula is C69H37F3N6S. The Labute approximate surface area is 451 Å². The van der Waals surface area contributed by atoms with Crippen LogP contribution in [0.2, 0.25) is 0 Å². The largest absolute Gasteiger partial charge is 0.417 e. The van der Waals surface area contributed by atoms with E-state index in [1.54, 1.807) is 23.5 Å². The number of para-hydroxylation sites is 6. The summed E-state index contributed by atoms with van der Waals surface area (Å²) >= 11 is 1.63. The second kappa shape index (κ2) is 16.6. The number of fused-ring (bicyclic) bond motifs is 16. The number of hydrogen-bond donors (Lipinski definition) is 0. The van der Waals surface area contributed by atoms with Crippen LogP contribution in [-0.4, -0.2) is 18.3 Å². The second-order valence-electron chi connectivity index (χ2n) is 20.0. The lowest BCUT2D eigenvalue weighted by Gasteiger charge is -2.27. The number of hydrogen-bond acceptors (Lipinski definition) is 3. The van der Waals surface area contributed by atoms with Crippen LogP contribution < -0.4 is 0 Å². The van der Waals surface area contributed by atoms with Crippen molar-refractivity contribution in [1.29, 1.82) is 10.5 Å². The third kappa shape index (κ3) is 6.15. The van der Waals surface area contributed by atoms with Gasteiger partial charge in [-0.2, -0.15) is 23.7 Å². The van der Waals surface area contributed by atoms with E-state index in [-0.39, 0.29) is 16.7 Å². The Kier molecular flexibility index (Phi) is 9.40. The topological polar surface area (TPSA) is 67.3 Å². The smallest absolute Gasteiger partial charge is 0.306 e. The third-order valence-corrected chi connectivity index (χ3v) is 17.3. The minimum Gasteiger partial charge on any atom is -0.306 e. The van der Waals surface area contributed by atoms with E-state index in [0.717, 1.165) is 108 Å². The van der Waals surface area contributed by atoms with Crippen LogP contribution in [0.3, 0.4) is 0 Å². The van der Waals surface area contributed by atoms with Crippen molar-refractivity contribution in [3.8, 4) is 46.0 Å². The summed E-state index contributed by atoms with van der Waals surface area (Å²) in [4.78, 5) is 0. The Morgan fingerprint density at radius 3 is 1.14 bits per heavy atom. The molecule has 6 nitrogen and oxygen atoms in total. The number of halogens is 3. The van der Waals surface area contributed by atoms with E-state index in [1.807, 2.05) is 97.1 Å². The maximum atomic E-state index is 15.2. The van der Waals surface area contributed by atoms with Gasteiger partial charge >= 0.3 is 6.18 Å². The van der Waals surface area contributed by atoms with Gasteiger partial charge in [0.25, 0.3) is 0 Å². The highest BCUT2D eigenvalue weighted by atomic mass is 32.1. The summed E-state index contributed by atoms with van der Waals surface area (Å²) < 4.78 is 56.0. The van der Waals surface area contributed by atoms with Gasteiger partial charge in [-0.05, 0) is 65.7 Å². The zero-order valence-corrected chi connectivity index (χ0v) is 42.4. The van der Waals surface area contributed by atoms with Crippen LogP contribution in [0, 0.1) is 22.7 Å². The van der Waals surface area contributed by atoms with Gasteiger partial charge < -0.3 is 18.3 Å². The highest BCUT2D eigenvalue weighted by Crippen LogP contribution is 2.51. The molecule has 0 amide bonds. The summed E-state index contributed by atoms with van der Waals surface area (Å²) in [5.74, 6) is 0.